The molecule has 96 valence electrons. The summed E-state index contributed by atoms with van der Waals surface area (Å²) in [6.07, 6.45) is 0. The number of rotatable bonds is 4. The molecule has 0 radical (unpaired) electrons. The van der Waals surface area contributed by atoms with Crippen molar-refractivity contribution in [2.24, 2.45) is 10.3 Å². The number of hydrogen-bond donors (Lipinski definition) is 2. The second kappa shape index (κ2) is 6.80. The van der Waals surface area contributed by atoms with Crippen molar-refractivity contribution in [2.45, 2.75) is 13.8 Å². The SMILES string of the molecule is CC(C)CNC(=O)c1ccccc1NC(=O)N=S. The van der Waals surface area contributed by atoms with Crippen molar-refractivity contribution in [1.82, 2.24) is 5.32 Å². The van der Waals surface area contributed by atoms with E-state index in [9.17, 15) is 9.59 Å². The first-order valence-corrected chi connectivity index (χ1v) is 5.92. The topological polar surface area (TPSA) is 70.6 Å². The molecule has 0 aliphatic carbocycles. The summed E-state index contributed by atoms with van der Waals surface area (Å²) in [4.78, 5) is 23.0. The van der Waals surface area contributed by atoms with Crippen LogP contribution in [0.25, 0.3) is 0 Å². The van der Waals surface area contributed by atoms with E-state index < -0.39 is 6.03 Å². The lowest BCUT2D eigenvalue weighted by Crippen LogP contribution is -2.28. The van der Waals surface area contributed by atoms with Crippen molar-refractivity contribution < 1.29 is 9.59 Å². The lowest BCUT2D eigenvalue weighted by atomic mass is 10.1. The quantitative estimate of drug-likeness (QED) is 0.877. The lowest BCUT2D eigenvalue weighted by Gasteiger charge is -2.11. The molecule has 1 aromatic carbocycles. The van der Waals surface area contributed by atoms with Crippen LogP contribution in [-0.2, 0) is 12.4 Å². The van der Waals surface area contributed by atoms with E-state index in [1.54, 1.807) is 24.3 Å². The summed E-state index contributed by atoms with van der Waals surface area (Å²) in [6, 6.07) is 6.05. The standard InChI is InChI=1S/C12H15N3O2S/c1-8(2)7-13-11(16)9-5-3-4-6-10(9)14-12(17)15-18/h3-6,8H,7H2,1-2H3,(H,13,16)(H,14,17). The average Bonchev–Trinajstić information content (AvgIpc) is 2.36. The third-order valence-corrected chi connectivity index (χ3v) is 2.33. The van der Waals surface area contributed by atoms with E-state index in [0.717, 1.165) is 0 Å². The number of benzene rings is 1. The molecule has 0 saturated heterocycles. The monoisotopic (exact) mass is 265 g/mol. The summed E-state index contributed by atoms with van der Waals surface area (Å²) < 4.78 is 3.06. The van der Waals surface area contributed by atoms with Crippen molar-refractivity contribution in [3.8, 4) is 0 Å². The highest BCUT2D eigenvalue weighted by atomic mass is 32.1. The van der Waals surface area contributed by atoms with Gasteiger partial charge in [0.05, 0.1) is 11.3 Å². The first-order valence-electron chi connectivity index (χ1n) is 5.56. The van der Waals surface area contributed by atoms with Crippen LogP contribution in [0.1, 0.15) is 24.2 Å². The number of hydrogen-bond acceptors (Lipinski definition) is 3. The van der Waals surface area contributed by atoms with E-state index in [4.69, 9.17) is 0 Å². The Hall–Kier alpha value is -1.82. The molecule has 1 rings (SSSR count). The van der Waals surface area contributed by atoms with Crippen LogP contribution in [0.4, 0.5) is 10.5 Å². The highest BCUT2D eigenvalue weighted by Crippen LogP contribution is 2.15. The number of anilines is 1. The third-order valence-electron chi connectivity index (χ3n) is 2.17. The van der Waals surface area contributed by atoms with Gasteiger partial charge in [0.25, 0.3) is 5.91 Å². The van der Waals surface area contributed by atoms with Crippen molar-refractivity contribution in [2.75, 3.05) is 11.9 Å². The van der Waals surface area contributed by atoms with Gasteiger partial charge >= 0.3 is 6.03 Å². The minimum absolute atomic E-state index is 0.232. The van der Waals surface area contributed by atoms with Gasteiger partial charge in [-0.05, 0) is 18.1 Å². The molecule has 0 spiro atoms. The minimum Gasteiger partial charge on any atom is -0.352 e. The maximum atomic E-state index is 11.9. The Morgan fingerprint density at radius 2 is 2.00 bits per heavy atom. The fraction of sp³-hybridized carbons (Fsp3) is 0.333. The van der Waals surface area contributed by atoms with Crippen molar-refractivity contribution in [1.29, 1.82) is 0 Å². The van der Waals surface area contributed by atoms with Crippen LogP contribution in [0.15, 0.2) is 28.6 Å². The summed E-state index contributed by atoms with van der Waals surface area (Å²) in [5.41, 5.74) is 0.794. The largest absolute Gasteiger partial charge is 0.356 e. The van der Waals surface area contributed by atoms with Crippen LogP contribution in [-0.4, -0.2) is 18.5 Å². The summed E-state index contributed by atoms with van der Waals surface area (Å²) in [5, 5.41) is 5.24. The molecule has 0 aliphatic heterocycles. The second-order valence-electron chi connectivity index (χ2n) is 4.17. The molecular formula is C12H15N3O2S. The lowest BCUT2D eigenvalue weighted by molar-refractivity contribution is 0.0950. The summed E-state index contributed by atoms with van der Waals surface area (Å²) >= 11 is 4.28. The van der Waals surface area contributed by atoms with Crippen LogP contribution in [0.3, 0.4) is 0 Å². The van der Waals surface area contributed by atoms with Crippen LogP contribution in [0, 0.1) is 5.92 Å². The van der Waals surface area contributed by atoms with Crippen LogP contribution in [0.5, 0.6) is 0 Å². The number of carbonyl (C=O) groups is 2. The number of nitrogens with one attached hydrogen (secondary N) is 2. The van der Waals surface area contributed by atoms with E-state index in [1.807, 2.05) is 13.8 Å². The third kappa shape index (κ3) is 4.21. The molecule has 0 fully saturated rings. The molecule has 0 unspecified atom stereocenters. The van der Waals surface area contributed by atoms with Gasteiger partial charge in [-0.2, -0.15) is 0 Å². The molecule has 2 N–H and O–H groups in total. The van der Waals surface area contributed by atoms with Gasteiger partial charge in [0.1, 0.15) is 0 Å². The maximum Gasteiger partial charge on any atom is 0.356 e. The van der Waals surface area contributed by atoms with Gasteiger partial charge < -0.3 is 10.6 Å². The van der Waals surface area contributed by atoms with Gasteiger partial charge in [-0.25, -0.2) is 4.79 Å². The Kier molecular flexibility index (Phi) is 5.38. The zero-order chi connectivity index (χ0) is 13.5. The summed E-state index contributed by atoms with van der Waals surface area (Å²) in [7, 11) is 0. The van der Waals surface area contributed by atoms with E-state index >= 15 is 0 Å². The van der Waals surface area contributed by atoms with E-state index in [1.165, 1.54) is 0 Å². The molecule has 3 amide bonds. The van der Waals surface area contributed by atoms with Crippen LogP contribution >= 0.6 is 0 Å². The fourth-order valence-electron chi connectivity index (χ4n) is 1.32. The predicted octanol–water partition coefficient (Wildman–Crippen LogP) is 2.33. The van der Waals surface area contributed by atoms with E-state index in [2.05, 4.69) is 27.4 Å². The van der Waals surface area contributed by atoms with E-state index in [0.29, 0.717) is 23.7 Å². The first kappa shape index (κ1) is 14.2. The molecule has 5 nitrogen and oxygen atoms in total. The molecule has 1 aromatic rings. The number of urea groups is 1. The predicted molar refractivity (Wildman–Crippen MR) is 72.4 cm³/mol. The molecular weight excluding hydrogens is 250 g/mol. The molecule has 0 heterocycles. The Balaban J connectivity index is 2.84. The second-order valence-corrected chi connectivity index (χ2v) is 4.35. The highest BCUT2D eigenvalue weighted by Gasteiger charge is 2.12. The normalized spacial score (nSPS) is 9.94. The maximum absolute atomic E-state index is 11.9. The van der Waals surface area contributed by atoms with E-state index in [-0.39, 0.29) is 5.91 Å². The minimum atomic E-state index is -0.658. The zero-order valence-electron chi connectivity index (χ0n) is 10.3. The number of amides is 3. The Labute approximate surface area is 111 Å². The van der Waals surface area contributed by atoms with Gasteiger partial charge in [-0.1, -0.05) is 26.0 Å². The number of nitrogens with zero attached hydrogens (tertiary/aromatic N) is 1. The molecule has 18 heavy (non-hydrogen) atoms. The Morgan fingerprint density at radius 1 is 1.33 bits per heavy atom. The fourth-order valence-corrected chi connectivity index (χ4v) is 1.37. The molecule has 0 bridgehead atoms. The van der Waals surface area contributed by atoms with Crippen molar-refractivity contribution >= 4 is 30.1 Å². The molecule has 0 saturated carbocycles. The van der Waals surface area contributed by atoms with Crippen molar-refractivity contribution in [3.05, 3.63) is 29.8 Å². The molecule has 0 aromatic heterocycles. The average molecular weight is 265 g/mol. The number of para-hydroxylation sites is 1. The smallest absolute Gasteiger partial charge is 0.352 e. The van der Waals surface area contributed by atoms with Crippen molar-refractivity contribution in [3.63, 3.8) is 0 Å². The Bertz CT molecular complexity index is 460. The van der Waals surface area contributed by atoms with Gasteiger partial charge in [-0.3, -0.25) is 4.79 Å². The highest BCUT2D eigenvalue weighted by molar-refractivity contribution is 7.47. The van der Waals surface area contributed by atoms with Gasteiger partial charge in [-0.15, -0.1) is 4.36 Å². The zero-order valence-corrected chi connectivity index (χ0v) is 11.1. The van der Waals surface area contributed by atoms with Gasteiger partial charge in [0.2, 0.25) is 0 Å². The van der Waals surface area contributed by atoms with Crippen LogP contribution in [0.2, 0.25) is 0 Å². The summed E-state index contributed by atoms with van der Waals surface area (Å²) in [6.45, 7) is 4.58. The molecule has 6 heteroatoms. The molecule has 0 aliphatic rings. The van der Waals surface area contributed by atoms with Crippen LogP contribution < -0.4 is 10.6 Å². The van der Waals surface area contributed by atoms with Gasteiger partial charge in [0, 0.05) is 19.0 Å². The Morgan fingerprint density at radius 3 is 2.61 bits per heavy atom. The molecule has 0 atom stereocenters. The summed E-state index contributed by atoms with van der Waals surface area (Å²) in [5.74, 6) is 0.127. The first-order chi connectivity index (χ1) is 8.54. The number of carbonyl (C=O) groups excluding carboxylic acids is 2. The van der Waals surface area contributed by atoms with Gasteiger partial charge in [0.15, 0.2) is 0 Å².